The number of carbonyl (C=O) groups is 1. The number of aliphatic imine (C=N–C) groups is 1. The molecule has 0 saturated carbocycles. The molecule has 1 saturated heterocycles. The van der Waals surface area contributed by atoms with Crippen molar-refractivity contribution < 1.29 is 14.3 Å². The van der Waals surface area contributed by atoms with Crippen molar-refractivity contribution in [3.05, 3.63) is 59.0 Å². The van der Waals surface area contributed by atoms with Gasteiger partial charge in [-0.2, -0.15) is 0 Å². The van der Waals surface area contributed by atoms with Crippen LogP contribution in [0.3, 0.4) is 0 Å². The lowest BCUT2D eigenvalue weighted by atomic mass is 10.1. The third-order valence-corrected chi connectivity index (χ3v) is 5.70. The lowest BCUT2D eigenvalue weighted by Crippen LogP contribution is -2.28. The molecule has 2 aromatic rings. The molecule has 0 bridgehead atoms. The van der Waals surface area contributed by atoms with E-state index in [1.54, 1.807) is 12.0 Å². The van der Waals surface area contributed by atoms with Crippen LogP contribution in [0.5, 0.6) is 11.5 Å². The fraction of sp³-hybridized carbons (Fsp3) is 0.333. The maximum absolute atomic E-state index is 13.0. The number of rotatable bonds is 9. The van der Waals surface area contributed by atoms with Crippen LogP contribution in [0.25, 0.3) is 6.08 Å². The Labute approximate surface area is 182 Å². The Balaban J connectivity index is 1.90. The molecule has 0 spiro atoms. The van der Waals surface area contributed by atoms with Crippen molar-refractivity contribution in [2.24, 2.45) is 4.99 Å². The largest absolute Gasteiger partial charge is 0.493 e. The van der Waals surface area contributed by atoms with Gasteiger partial charge in [0.05, 0.1) is 24.3 Å². The molecule has 6 heteroatoms. The molecular formula is C24H28N2O3S. The number of likely N-dealkylation sites (N-methyl/N-ethyl adjacent to an activating group) is 1. The molecule has 1 aliphatic heterocycles. The van der Waals surface area contributed by atoms with Crippen LogP contribution in [0.4, 0.5) is 5.69 Å². The summed E-state index contributed by atoms with van der Waals surface area (Å²) in [4.78, 5) is 20.0. The van der Waals surface area contributed by atoms with E-state index in [2.05, 4.69) is 11.9 Å². The average molecular weight is 425 g/mol. The van der Waals surface area contributed by atoms with Gasteiger partial charge >= 0.3 is 0 Å². The molecule has 0 N–H and O–H groups in total. The third kappa shape index (κ3) is 5.25. The average Bonchev–Trinajstić information content (AvgIpc) is 3.06. The van der Waals surface area contributed by atoms with Gasteiger partial charge in [-0.1, -0.05) is 50.1 Å². The number of unbranched alkanes of at least 4 members (excludes halogenated alkanes) is 2. The smallest absolute Gasteiger partial charge is 0.266 e. The van der Waals surface area contributed by atoms with Gasteiger partial charge in [0.2, 0.25) is 0 Å². The van der Waals surface area contributed by atoms with Gasteiger partial charge in [-0.25, -0.2) is 4.99 Å². The zero-order valence-electron chi connectivity index (χ0n) is 17.8. The normalized spacial score (nSPS) is 16.5. The maximum Gasteiger partial charge on any atom is 0.266 e. The quantitative estimate of drug-likeness (QED) is 0.372. The van der Waals surface area contributed by atoms with E-state index in [0.29, 0.717) is 34.7 Å². The number of amides is 1. The maximum atomic E-state index is 13.0. The molecule has 0 aliphatic carbocycles. The molecule has 30 heavy (non-hydrogen) atoms. The highest BCUT2D eigenvalue weighted by molar-refractivity contribution is 8.18. The molecule has 1 amide bonds. The van der Waals surface area contributed by atoms with Crippen molar-refractivity contribution in [3.63, 3.8) is 0 Å². The molecule has 1 fully saturated rings. The van der Waals surface area contributed by atoms with E-state index in [4.69, 9.17) is 9.47 Å². The summed E-state index contributed by atoms with van der Waals surface area (Å²) in [5.74, 6) is 1.30. The van der Waals surface area contributed by atoms with E-state index in [9.17, 15) is 4.79 Å². The Bertz CT molecular complexity index is 925. The summed E-state index contributed by atoms with van der Waals surface area (Å²) in [5.41, 5.74) is 1.66. The standard InChI is InChI=1S/C24H28N2O3S/c1-4-6-10-16-29-22-18(12-11-15-20(22)28-3)17-21-23(27)26(5-2)24(30-21)25-19-13-8-7-9-14-19/h7-9,11-15,17H,4-6,10,16H2,1-3H3/b21-17-,25-24?. The Morgan fingerprint density at radius 2 is 1.87 bits per heavy atom. The van der Waals surface area contributed by atoms with Crippen molar-refractivity contribution in [2.45, 2.75) is 33.1 Å². The molecule has 3 rings (SSSR count). The fourth-order valence-electron chi connectivity index (χ4n) is 3.11. The highest BCUT2D eigenvalue weighted by atomic mass is 32.2. The van der Waals surface area contributed by atoms with Gasteiger partial charge in [0.25, 0.3) is 5.91 Å². The summed E-state index contributed by atoms with van der Waals surface area (Å²) < 4.78 is 11.5. The number of methoxy groups -OCH3 is 1. The minimum Gasteiger partial charge on any atom is -0.493 e. The predicted molar refractivity (Wildman–Crippen MR) is 125 cm³/mol. The van der Waals surface area contributed by atoms with Crippen LogP contribution in [0.1, 0.15) is 38.7 Å². The molecule has 0 atom stereocenters. The number of thioether (sulfide) groups is 1. The second-order valence-electron chi connectivity index (χ2n) is 6.82. The fourth-order valence-corrected chi connectivity index (χ4v) is 4.17. The highest BCUT2D eigenvalue weighted by Crippen LogP contribution is 2.38. The number of amidine groups is 1. The van der Waals surface area contributed by atoms with Crippen molar-refractivity contribution in [1.82, 2.24) is 4.90 Å². The van der Waals surface area contributed by atoms with Crippen LogP contribution in [-0.2, 0) is 4.79 Å². The van der Waals surface area contributed by atoms with E-state index in [1.807, 2.05) is 61.5 Å². The van der Waals surface area contributed by atoms with Gasteiger partial charge in [-0.05, 0) is 49.4 Å². The van der Waals surface area contributed by atoms with Gasteiger partial charge in [0.15, 0.2) is 16.7 Å². The minimum absolute atomic E-state index is 0.0445. The first-order chi connectivity index (χ1) is 14.7. The molecule has 0 unspecified atom stereocenters. The number of carbonyl (C=O) groups excluding carboxylic acids is 1. The number of benzene rings is 2. The van der Waals surface area contributed by atoms with Crippen LogP contribution in [0.2, 0.25) is 0 Å². The third-order valence-electron chi connectivity index (χ3n) is 4.70. The SMILES string of the molecule is CCCCCOc1c(/C=C2\SC(=Nc3ccccc3)N(CC)C2=O)cccc1OC. The Morgan fingerprint density at radius 3 is 2.57 bits per heavy atom. The van der Waals surface area contributed by atoms with Gasteiger partial charge in [-0.3, -0.25) is 9.69 Å². The number of hydrogen-bond donors (Lipinski definition) is 0. The van der Waals surface area contributed by atoms with E-state index >= 15 is 0 Å². The number of ether oxygens (including phenoxy) is 2. The first-order valence-electron chi connectivity index (χ1n) is 10.3. The second kappa shape index (κ2) is 10.9. The van der Waals surface area contributed by atoms with Gasteiger partial charge < -0.3 is 9.47 Å². The Morgan fingerprint density at radius 1 is 1.07 bits per heavy atom. The second-order valence-corrected chi connectivity index (χ2v) is 7.83. The first-order valence-corrected chi connectivity index (χ1v) is 11.1. The summed E-state index contributed by atoms with van der Waals surface area (Å²) >= 11 is 1.39. The van der Waals surface area contributed by atoms with Gasteiger partial charge in [0, 0.05) is 12.1 Å². The predicted octanol–water partition coefficient (Wildman–Crippen LogP) is 5.89. The van der Waals surface area contributed by atoms with Crippen molar-refractivity contribution in [2.75, 3.05) is 20.3 Å². The topological polar surface area (TPSA) is 51.1 Å². The van der Waals surface area contributed by atoms with Gasteiger partial charge in [-0.15, -0.1) is 0 Å². The van der Waals surface area contributed by atoms with Crippen molar-refractivity contribution in [1.29, 1.82) is 0 Å². The number of hydrogen-bond acceptors (Lipinski definition) is 5. The van der Waals surface area contributed by atoms with Crippen molar-refractivity contribution in [3.8, 4) is 11.5 Å². The Kier molecular flexibility index (Phi) is 7.97. The van der Waals surface area contributed by atoms with Crippen molar-refractivity contribution >= 4 is 34.6 Å². The molecule has 0 aromatic heterocycles. The number of para-hydroxylation sites is 2. The summed E-state index contributed by atoms with van der Waals surface area (Å²) in [6, 6.07) is 15.4. The minimum atomic E-state index is -0.0445. The van der Waals surface area contributed by atoms with E-state index < -0.39 is 0 Å². The molecule has 2 aromatic carbocycles. The van der Waals surface area contributed by atoms with Crippen LogP contribution in [0, 0.1) is 0 Å². The van der Waals surface area contributed by atoms with Crippen LogP contribution < -0.4 is 9.47 Å². The first kappa shape index (κ1) is 22.0. The lowest BCUT2D eigenvalue weighted by Gasteiger charge is -2.14. The van der Waals surface area contributed by atoms with E-state index in [1.165, 1.54) is 11.8 Å². The molecule has 1 aliphatic rings. The summed E-state index contributed by atoms with van der Waals surface area (Å²) in [6.07, 6.45) is 5.11. The zero-order chi connectivity index (χ0) is 21.3. The highest BCUT2D eigenvalue weighted by Gasteiger charge is 2.32. The number of nitrogens with zero attached hydrogens (tertiary/aromatic N) is 2. The molecule has 1 heterocycles. The van der Waals surface area contributed by atoms with Crippen LogP contribution in [0.15, 0.2) is 58.4 Å². The zero-order valence-corrected chi connectivity index (χ0v) is 18.6. The summed E-state index contributed by atoms with van der Waals surface area (Å²) in [5, 5.41) is 0.688. The van der Waals surface area contributed by atoms with E-state index in [0.717, 1.165) is 30.5 Å². The van der Waals surface area contributed by atoms with E-state index in [-0.39, 0.29) is 5.91 Å². The summed E-state index contributed by atoms with van der Waals surface area (Å²) in [7, 11) is 1.63. The molecule has 158 valence electrons. The lowest BCUT2D eigenvalue weighted by molar-refractivity contribution is -0.122. The van der Waals surface area contributed by atoms with Crippen LogP contribution in [-0.4, -0.2) is 36.2 Å². The van der Waals surface area contributed by atoms with Gasteiger partial charge in [0.1, 0.15) is 0 Å². The monoisotopic (exact) mass is 424 g/mol. The Hall–Kier alpha value is -2.73. The molecule has 5 nitrogen and oxygen atoms in total. The summed E-state index contributed by atoms with van der Waals surface area (Å²) in [6.45, 7) is 5.30. The molecule has 0 radical (unpaired) electrons. The van der Waals surface area contributed by atoms with Crippen LogP contribution >= 0.6 is 11.8 Å². The molecular weight excluding hydrogens is 396 g/mol.